The van der Waals surface area contributed by atoms with Gasteiger partial charge < -0.3 is 4.57 Å². The van der Waals surface area contributed by atoms with Crippen molar-refractivity contribution < 1.29 is 0 Å². The molecule has 140 valence electrons. The smallest absolute Gasteiger partial charge is 0.0555 e. The van der Waals surface area contributed by atoms with Crippen molar-refractivity contribution in [2.75, 3.05) is 0 Å². The van der Waals surface area contributed by atoms with Gasteiger partial charge in [0, 0.05) is 30.9 Å². The highest BCUT2D eigenvalue weighted by Gasteiger charge is 2.16. The van der Waals surface area contributed by atoms with Gasteiger partial charge in [-0.05, 0) is 47.2 Å². The number of para-hydroxylation sites is 1. The molecule has 2 aromatic heterocycles. The number of thiophene rings is 1. The van der Waals surface area contributed by atoms with Crippen molar-refractivity contribution >= 4 is 64.1 Å². The van der Waals surface area contributed by atoms with E-state index in [1.165, 1.54) is 58.4 Å². The van der Waals surface area contributed by atoms with Crippen LogP contribution in [0.25, 0.3) is 58.4 Å². The monoisotopic (exact) mass is 399 g/mol. The summed E-state index contributed by atoms with van der Waals surface area (Å²) in [7, 11) is 0. The Morgan fingerprint density at radius 3 is 2.10 bits per heavy atom. The molecule has 0 saturated carbocycles. The first kappa shape index (κ1) is 16.2. The number of nitrogens with zero attached hydrogens (tertiary/aromatic N) is 1. The maximum absolute atomic E-state index is 2.46. The van der Waals surface area contributed by atoms with Crippen LogP contribution in [0.2, 0.25) is 0 Å². The Hall–Kier alpha value is -3.62. The minimum absolute atomic E-state index is 1.26. The van der Waals surface area contributed by atoms with Gasteiger partial charge in [0.05, 0.1) is 16.7 Å². The number of benzene rings is 5. The van der Waals surface area contributed by atoms with Crippen molar-refractivity contribution in [3.05, 3.63) is 103 Å². The lowest BCUT2D eigenvalue weighted by atomic mass is 10.1. The number of hydrogen-bond acceptors (Lipinski definition) is 1. The highest BCUT2D eigenvalue weighted by atomic mass is 32.1. The van der Waals surface area contributed by atoms with Gasteiger partial charge in [0.1, 0.15) is 0 Å². The first-order valence-corrected chi connectivity index (χ1v) is 11.0. The molecular weight excluding hydrogens is 382 g/mol. The van der Waals surface area contributed by atoms with Crippen LogP contribution in [0.3, 0.4) is 0 Å². The largest absolute Gasteiger partial charge is 0.309 e. The van der Waals surface area contributed by atoms with Crippen molar-refractivity contribution in [3.63, 3.8) is 0 Å². The third-order valence-electron chi connectivity index (χ3n) is 6.16. The highest BCUT2D eigenvalue weighted by molar-refractivity contribution is 7.25. The Bertz CT molecular complexity index is 1750. The van der Waals surface area contributed by atoms with E-state index >= 15 is 0 Å². The fraction of sp³-hybridized carbons (Fsp3) is 0. The molecule has 0 spiro atoms. The molecule has 0 unspecified atom stereocenters. The van der Waals surface area contributed by atoms with Crippen LogP contribution in [0.5, 0.6) is 0 Å². The zero-order valence-electron chi connectivity index (χ0n) is 16.2. The summed E-state index contributed by atoms with van der Waals surface area (Å²) in [5.41, 5.74) is 3.77. The Morgan fingerprint density at radius 2 is 1.20 bits per heavy atom. The van der Waals surface area contributed by atoms with Crippen LogP contribution >= 0.6 is 11.3 Å². The molecule has 7 rings (SSSR count). The molecule has 0 atom stereocenters. The SMILES string of the molecule is c1ccc2cc3c(cc2c1)c1ccccc1n3-c1cccc2sc3ccccc3c12. The molecule has 0 bridgehead atoms. The van der Waals surface area contributed by atoms with Gasteiger partial charge in [0.2, 0.25) is 0 Å². The minimum Gasteiger partial charge on any atom is -0.309 e. The summed E-state index contributed by atoms with van der Waals surface area (Å²) in [4.78, 5) is 0. The summed E-state index contributed by atoms with van der Waals surface area (Å²) < 4.78 is 5.13. The number of rotatable bonds is 1. The van der Waals surface area contributed by atoms with Crippen LogP contribution in [0, 0.1) is 0 Å². The summed E-state index contributed by atoms with van der Waals surface area (Å²) in [6.45, 7) is 0. The molecule has 2 heterocycles. The van der Waals surface area contributed by atoms with Gasteiger partial charge in [0.25, 0.3) is 0 Å². The second-order valence-electron chi connectivity index (χ2n) is 7.82. The molecule has 1 nitrogen and oxygen atoms in total. The van der Waals surface area contributed by atoms with Crippen LogP contribution < -0.4 is 0 Å². The quantitative estimate of drug-likeness (QED) is 0.262. The molecule has 0 fully saturated rings. The average Bonchev–Trinajstić information content (AvgIpc) is 3.33. The van der Waals surface area contributed by atoms with Crippen LogP contribution in [0.1, 0.15) is 0 Å². The average molecular weight is 400 g/mol. The van der Waals surface area contributed by atoms with Crippen molar-refractivity contribution in [3.8, 4) is 5.69 Å². The summed E-state index contributed by atoms with van der Waals surface area (Å²) in [6, 6.07) is 37.6. The lowest BCUT2D eigenvalue weighted by molar-refractivity contribution is 1.20. The Kier molecular flexibility index (Phi) is 3.21. The second kappa shape index (κ2) is 5.94. The Labute approximate surface area is 177 Å². The Morgan fingerprint density at radius 1 is 0.500 bits per heavy atom. The number of aromatic nitrogens is 1. The van der Waals surface area contributed by atoms with Gasteiger partial charge in [-0.3, -0.25) is 0 Å². The summed E-state index contributed by atoms with van der Waals surface area (Å²) >= 11 is 1.87. The fourth-order valence-electron chi connectivity index (χ4n) is 4.86. The molecule has 30 heavy (non-hydrogen) atoms. The molecule has 0 aliphatic carbocycles. The third-order valence-corrected chi connectivity index (χ3v) is 7.30. The van der Waals surface area contributed by atoms with Crippen molar-refractivity contribution in [2.24, 2.45) is 0 Å². The fourth-order valence-corrected chi connectivity index (χ4v) is 5.98. The summed E-state index contributed by atoms with van der Waals surface area (Å²) in [5, 5.41) is 7.84. The van der Waals surface area contributed by atoms with Crippen molar-refractivity contribution in [1.82, 2.24) is 4.57 Å². The molecular formula is C28H17NS. The first-order chi connectivity index (χ1) is 14.9. The molecule has 0 amide bonds. The van der Waals surface area contributed by atoms with Gasteiger partial charge >= 0.3 is 0 Å². The number of fused-ring (bicyclic) bond motifs is 7. The predicted molar refractivity (Wildman–Crippen MR) is 131 cm³/mol. The molecule has 2 heteroatoms. The van der Waals surface area contributed by atoms with Crippen LogP contribution in [0.4, 0.5) is 0 Å². The zero-order valence-corrected chi connectivity index (χ0v) is 17.0. The maximum atomic E-state index is 2.46. The van der Waals surface area contributed by atoms with Gasteiger partial charge in [0.15, 0.2) is 0 Å². The standard InChI is InChI=1S/C28H17NS/c1-2-9-19-17-25-22(16-18(19)8-1)20-10-3-5-12-23(20)29(25)24-13-7-15-27-28(24)21-11-4-6-14-26(21)30-27/h1-17H. The molecule has 0 saturated heterocycles. The third kappa shape index (κ3) is 2.11. The topological polar surface area (TPSA) is 4.93 Å². The normalized spacial score (nSPS) is 12.0. The lowest BCUT2D eigenvalue weighted by Gasteiger charge is -2.10. The predicted octanol–water partition coefficient (Wildman–Crippen LogP) is 8.30. The van der Waals surface area contributed by atoms with Crippen LogP contribution in [0.15, 0.2) is 103 Å². The molecule has 7 aromatic rings. The molecule has 0 N–H and O–H groups in total. The van der Waals surface area contributed by atoms with Gasteiger partial charge in [-0.15, -0.1) is 11.3 Å². The van der Waals surface area contributed by atoms with Gasteiger partial charge in [-0.2, -0.15) is 0 Å². The number of hydrogen-bond donors (Lipinski definition) is 0. The zero-order chi connectivity index (χ0) is 19.7. The van der Waals surface area contributed by atoms with E-state index < -0.39 is 0 Å². The maximum Gasteiger partial charge on any atom is 0.0555 e. The van der Waals surface area contributed by atoms with E-state index in [1.54, 1.807) is 0 Å². The summed E-state index contributed by atoms with van der Waals surface area (Å²) in [5.74, 6) is 0. The molecule has 0 aliphatic heterocycles. The molecule has 5 aromatic carbocycles. The van der Waals surface area contributed by atoms with E-state index in [1.807, 2.05) is 11.3 Å². The van der Waals surface area contributed by atoms with Crippen LogP contribution in [-0.2, 0) is 0 Å². The second-order valence-corrected chi connectivity index (χ2v) is 8.90. The lowest BCUT2D eigenvalue weighted by Crippen LogP contribution is -1.94. The van der Waals surface area contributed by atoms with Gasteiger partial charge in [-0.1, -0.05) is 66.7 Å². The van der Waals surface area contributed by atoms with E-state index in [0.29, 0.717) is 0 Å². The minimum atomic E-state index is 1.26. The van der Waals surface area contributed by atoms with E-state index in [2.05, 4.69) is 108 Å². The van der Waals surface area contributed by atoms with Crippen molar-refractivity contribution in [1.29, 1.82) is 0 Å². The van der Waals surface area contributed by atoms with Crippen LogP contribution in [-0.4, -0.2) is 4.57 Å². The van der Waals surface area contributed by atoms with E-state index in [0.717, 1.165) is 0 Å². The molecule has 0 radical (unpaired) electrons. The first-order valence-electron chi connectivity index (χ1n) is 10.2. The van der Waals surface area contributed by atoms with Gasteiger partial charge in [-0.25, -0.2) is 0 Å². The van der Waals surface area contributed by atoms with E-state index in [4.69, 9.17) is 0 Å². The van der Waals surface area contributed by atoms with E-state index in [9.17, 15) is 0 Å². The summed E-state index contributed by atoms with van der Waals surface area (Å²) in [6.07, 6.45) is 0. The van der Waals surface area contributed by atoms with Crippen molar-refractivity contribution in [2.45, 2.75) is 0 Å². The highest BCUT2D eigenvalue weighted by Crippen LogP contribution is 2.41. The van der Waals surface area contributed by atoms with E-state index in [-0.39, 0.29) is 0 Å². The molecule has 0 aliphatic rings. The Balaban J connectivity index is 1.73.